The van der Waals surface area contributed by atoms with E-state index < -0.39 is 0 Å². The van der Waals surface area contributed by atoms with Crippen molar-refractivity contribution < 1.29 is 4.74 Å². The van der Waals surface area contributed by atoms with Gasteiger partial charge in [-0.2, -0.15) is 0 Å². The number of nitrogens with zero attached hydrogens (tertiary/aromatic N) is 3. The second-order valence-corrected chi connectivity index (χ2v) is 5.23. The van der Waals surface area contributed by atoms with E-state index in [4.69, 9.17) is 16.3 Å². The van der Waals surface area contributed by atoms with Crippen molar-refractivity contribution in [1.29, 1.82) is 0 Å². The SMILES string of the molecule is Cn1cnnc1SCCCOc1ccc(Cl)cc1. The Morgan fingerprint density at radius 3 is 2.78 bits per heavy atom. The van der Waals surface area contributed by atoms with Gasteiger partial charge in [-0.25, -0.2) is 0 Å². The molecule has 6 heteroatoms. The number of halogens is 1. The minimum atomic E-state index is 0.687. The van der Waals surface area contributed by atoms with E-state index in [9.17, 15) is 0 Å². The van der Waals surface area contributed by atoms with Gasteiger partial charge in [-0.3, -0.25) is 0 Å². The fraction of sp³-hybridized carbons (Fsp3) is 0.333. The molecule has 0 aliphatic heterocycles. The highest BCUT2D eigenvalue weighted by Gasteiger charge is 2.00. The van der Waals surface area contributed by atoms with Crippen LogP contribution in [0.15, 0.2) is 35.7 Å². The number of aryl methyl sites for hydroxylation is 1. The van der Waals surface area contributed by atoms with Gasteiger partial charge in [-0.15, -0.1) is 10.2 Å². The molecule has 2 aromatic rings. The van der Waals surface area contributed by atoms with E-state index in [2.05, 4.69) is 10.2 Å². The molecule has 1 aromatic carbocycles. The molecule has 0 aliphatic carbocycles. The van der Waals surface area contributed by atoms with E-state index >= 15 is 0 Å². The second-order valence-electron chi connectivity index (χ2n) is 3.73. The smallest absolute Gasteiger partial charge is 0.190 e. The van der Waals surface area contributed by atoms with E-state index in [1.807, 2.05) is 35.9 Å². The lowest BCUT2D eigenvalue weighted by Gasteiger charge is -2.05. The van der Waals surface area contributed by atoms with E-state index in [1.165, 1.54) is 0 Å². The monoisotopic (exact) mass is 283 g/mol. The zero-order chi connectivity index (χ0) is 12.8. The van der Waals surface area contributed by atoms with Crippen LogP contribution in [0.25, 0.3) is 0 Å². The van der Waals surface area contributed by atoms with Crippen molar-refractivity contribution in [2.75, 3.05) is 12.4 Å². The molecular weight excluding hydrogens is 270 g/mol. The van der Waals surface area contributed by atoms with E-state index in [1.54, 1.807) is 18.1 Å². The van der Waals surface area contributed by atoms with Gasteiger partial charge in [0.25, 0.3) is 0 Å². The first-order valence-electron chi connectivity index (χ1n) is 5.61. The summed E-state index contributed by atoms with van der Waals surface area (Å²) < 4.78 is 7.50. The molecule has 0 fully saturated rings. The van der Waals surface area contributed by atoms with Crippen molar-refractivity contribution >= 4 is 23.4 Å². The first-order valence-corrected chi connectivity index (χ1v) is 6.97. The zero-order valence-electron chi connectivity index (χ0n) is 10.0. The maximum absolute atomic E-state index is 5.79. The van der Waals surface area contributed by atoms with Crippen molar-refractivity contribution in [3.63, 3.8) is 0 Å². The van der Waals surface area contributed by atoms with Gasteiger partial charge in [-0.1, -0.05) is 23.4 Å². The zero-order valence-corrected chi connectivity index (χ0v) is 11.6. The minimum Gasteiger partial charge on any atom is -0.494 e. The first-order chi connectivity index (χ1) is 8.75. The van der Waals surface area contributed by atoms with Crippen molar-refractivity contribution in [2.24, 2.45) is 7.05 Å². The molecule has 0 unspecified atom stereocenters. The van der Waals surface area contributed by atoms with E-state index in [0.717, 1.165) is 28.1 Å². The number of thioether (sulfide) groups is 1. The van der Waals surface area contributed by atoms with Crippen LogP contribution in [0.1, 0.15) is 6.42 Å². The van der Waals surface area contributed by atoms with Crippen LogP contribution in [0.3, 0.4) is 0 Å². The minimum absolute atomic E-state index is 0.687. The van der Waals surface area contributed by atoms with Gasteiger partial charge in [0.1, 0.15) is 12.1 Å². The molecule has 0 aliphatic rings. The van der Waals surface area contributed by atoms with Gasteiger partial charge in [0, 0.05) is 17.8 Å². The van der Waals surface area contributed by atoms with Gasteiger partial charge in [0.2, 0.25) is 0 Å². The van der Waals surface area contributed by atoms with Crippen LogP contribution >= 0.6 is 23.4 Å². The fourth-order valence-corrected chi connectivity index (χ4v) is 2.27. The van der Waals surface area contributed by atoms with Gasteiger partial charge in [-0.05, 0) is 30.7 Å². The lowest BCUT2D eigenvalue weighted by Crippen LogP contribution is -1.99. The largest absolute Gasteiger partial charge is 0.494 e. The van der Waals surface area contributed by atoms with Crippen LogP contribution in [0.5, 0.6) is 5.75 Å². The number of ether oxygens (including phenoxy) is 1. The molecule has 96 valence electrons. The molecule has 0 N–H and O–H groups in total. The van der Waals surface area contributed by atoms with Crippen LogP contribution in [-0.4, -0.2) is 27.1 Å². The normalized spacial score (nSPS) is 10.6. The summed E-state index contributed by atoms with van der Waals surface area (Å²) >= 11 is 7.47. The van der Waals surface area contributed by atoms with Gasteiger partial charge in [0.15, 0.2) is 5.16 Å². The predicted octanol–water partition coefficient (Wildman–Crippen LogP) is 3.03. The summed E-state index contributed by atoms with van der Waals surface area (Å²) in [5.41, 5.74) is 0. The van der Waals surface area contributed by atoms with Gasteiger partial charge < -0.3 is 9.30 Å². The molecule has 0 atom stereocenters. The van der Waals surface area contributed by atoms with E-state index in [-0.39, 0.29) is 0 Å². The summed E-state index contributed by atoms with van der Waals surface area (Å²) in [6.07, 6.45) is 2.66. The Labute approximate surface area is 115 Å². The summed E-state index contributed by atoms with van der Waals surface area (Å²) in [4.78, 5) is 0. The van der Waals surface area contributed by atoms with E-state index in [0.29, 0.717) is 6.61 Å². The predicted molar refractivity (Wildman–Crippen MR) is 73.3 cm³/mol. The molecule has 2 rings (SSSR count). The molecule has 0 bridgehead atoms. The molecule has 1 aromatic heterocycles. The Kier molecular flexibility index (Phi) is 4.90. The Balaban J connectivity index is 1.64. The molecule has 0 saturated carbocycles. The summed E-state index contributed by atoms with van der Waals surface area (Å²) in [6, 6.07) is 7.40. The molecule has 4 nitrogen and oxygen atoms in total. The standard InChI is InChI=1S/C12H14ClN3OS/c1-16-9-14-15-12(16)18-8-2-7-17-11-5-3-10(13)4-6-11/h3-6,9H,2,7-8H2,1H3. The second kappa shape index (κ2) is 6.66. The summed E-state index contributed by atoms with van der Waals surface area (Å²) in [5, 5.41) is 9.48. The third-order valence-electron chi connectivity index (χ3n) is 2.27. The molecule has 1 heterocycles. The molecule has 0 saturated heterocycles. The topological polar surface area (TPSA) is 39.9 Å². The van der Waals surface area contributed by atoms with Gasteiger partial charge >= 0.3 is 0 Å². The lowest BCUT2D eigenvalue weighted by molar-refractivity contribution is 0.318. The molecule has 0 amide bonds. The average Bonchev–Trinajstić information content (AvgIpc) is 2.77. The molecule has 0 radical (unpaired) electrons. The number of rotatable bonds is 6. The maximum Gasteiger partial charge on any atom is 0.190 e. The third kappa shape index (κ3) is 3.92. The van der Waals surface area contributed by atoms with Crippen LogP contribution in [0, 0.1) is 0 Å². The highest BCUT2D eigenvalue weighted by Crippen LogP contribution is 2.17. The first kappa shape index (κ1) is 13.2. The summed E-state index contributed by atoms with van der Waals surface area (Å²) in [7, 11) is 1.94. The fourth-order valence-electron chi connectivity index (χ4n) is 1.35. The quantitative estimate of drug-likeness (QED) is 0.603. The lowest BCUT2D eigenvalue weighted by atomic mass is 10.3. The number of hydrogen-bond donors (Lipinski definition) is 0. The molecule has 18 heavy (non-hydrogen) atoms. The maximum atomic E-state index is 5.79. The molecular formula is C12H14ClN3OS. The third-order valence-corrected chi connectivity index (χ3v) is 3.64. The highest BCUT2D eigenvalue weighted by atomic mass is 35.5. The summed E-state index contributed by atoms with van der Waals surface area (Å²) in [6.45, 7) is 0.687. The Morgan fingerprint density at radius 1 is 1.33 bits per heavy atom. The Hall–Kier alpha value is -1.20. The van der Waals surface area contributed by atoms with Crippen molar-refractivity contribution in [3.05, 3.63) is 35.6 Å². The van der Waals surface area contributed by atoms with Crippen molar-refractivity contribution in [3.8, 4) is 5.75 Å². The van der Waals surface area contributed by atoms with Crippen LogP contribution in [-0.2, 0) is 7.05 Å². The van der Waals surface area contributed by atoms with Crippen LogP contribution in [0.2, 0.25) is 5.02 Å². The van der Waals surface area contributed by atoms with Crippen LogP contribution < -0.4 is 4.74 Å². The number of benzene rings is 1. The highest BCUT2D eigenvalue weighted by molar-refractivity contribution is 7.99. The van der Waals surface area contributed by atoms with Gasteiger partial charge in [0.05, 0.1) is 6.61 Å². The Morgan fingerprint density at radius 2 is 2.11 bits per heavy atom. The van der Waals surface area contributed by atoms with Crippen molar-refractivity contribution in [1.82, 2.24) is 14.8 Å². The molecule has 0 spiro atoms. The summed E-state index contributed by atoms with van der Waals surface area (Å²) in [5.74, 6) is 1.81. The Bertz CT molecular complexity index is 486. The number of aromatic nitrogens is 3. The van der Waals surface area contributed by atoms with Crippen LogP contribution in [0.4, 0.5) is 0 Å². The number of hydrogen-bond acceptors (Lipinski definition) is 4. The van der Waals surface area contributed by atoms with Crippen molar-refractivity contribution in [2.45, 2.75) is 11.6 Å². The average molecular weight is 284 g/mol.